The van der Waals surface area contributed by atoms with E-state index in [1.165, 1.54) is 0 Å². The average Bonchev–Trinajstić information content (AvgIpc) is 3.03. The van der Waals surface area contributed by atoms with Crippen molar-refractivity contribution < 1.29 is 4.79 Å². The number of hydrogen-bond donors (Lipinski definition) is 1. The van der Waals surface area contributed by atoms with Crippen LogP contribution >= 0.6 is 0 Å². The predicted molar refractivity (Wildman–Crippen MR) is 90.4 cm³/mol. The van der Waals surface area contributed by atoms with E-state index in [9.17, 15) is 4.79 Å². The number of benzene rings is 1. The summed E-state index contributed by atoms with van der Waals surface area (Å²) in [4.78, 5) is 14.0. The minimum atomic E-state index is -0.223. The summed E-state index contributed by atoms with van der Waals surface area (Å²) in [5, 5.41) is 11.2. The molecule has 1 atom stereocenters. The van der Waals surface area contributed by atoms with Crippen LogP contribution in [0.5, 0.6) is 0 Å². The Bertz CT molecular complexity index is 665. The van der Waals surface area contributed by atoms with Crippen LogP contribution in [0, 0.1) is 0 Å². The maximum atomic E-state index is 12.3. The van der Waals surface area contributed by atoms with Crippen molar-refractivity contribution in [3.05, 3.63) is 54.4 Å². The van der Waals surface area contributed by atoms with Crippen LogP contribution in [0.3, 0.4) is 0 Å². The lowest BCUT2D eigenvalue weighted by molar-refractivity contribution is 0.201. The van der Waals surface area contributed by atoms with Crippen LogP contribution in [0.25, 0.3) is 5.69 Å². The van der Waals surface area contributed by atoms with Gasteiger partial charge in [0.05, 0.1) is 17.9 Å². The third-order valence-corrected chi connectivity index (χ3v) is 3.45. The first-order chi connectivity index (χ1) is 11.0. The van der Waals surface area contributed by atoms with Crippen LogP contribution in [-0.4, -0.2) is 39.0 Å². The molecule has 1 heterocycles. The molecule has 0 bridgehead atoms. The van der Waals surface area contributed by atoms with Gasteiger partial charge in [0.2, 0.25) is 0 Å². The van der Waals surface area contributed by atoms with Crippen molar-refractivity contribution in [2.45, 2.75) is 26.8 Å². The van der Waals surface area contributed by atoms with Gasteiger partial charge in [0.1, 0.15) is 5.69 Å². The van der Waals surface area contributed by atoms with E-state index in [4.69, 9.17) is 0 Å². The Morgan fingerprint density at radius 2 is 2.09 bits per heavy atom. The highest BCUT2D eigenvalue weighted by Crippen LogP contribution is 2.12. The van der Waals surface area contributed by atoms with Gasteiger partial charge in [-0.3, -0.25) is 0 Å². The maximum absolute atomic E-state index is 12.3. The van der Waals surface area contributed by atoms with Crippen molar-refractivity contribution in [2.24, 2.45) is 0 Å². The summed E-state index contributed by atoms with van der Waals surface area (Å²) in [5.74, 6) is 0. The second-order valence-electron chi connectivity index (χ2n) is 5.57. The average molecular weight is 313 g/mol. The van der Waals surface area contributed by atoms with E-state index in [2.05, 4.69) is 22.2 Å². The SMILES string of the molecule is C=C(C)CN(CC)C(=O)N[C@@H](C)c1cn(-c2ccccc2)nn1. The smallest absolute Gasteiger partial charge is 0.318 e. The molecule has 0 saturated carbocycles. The number of carbonyl (C=O) groups is 1. The van der Waals surface area contributed by atoms with Crippen molar-refractivity contribution in [3.63, 3.8) is 0 Å². The number of hydrogen-bond acceptors (Lipinski definition) is 3. The van der Waals surface area contributed by atoms with E-state index in [1.54, 1.807) is 9.58 Å². The van der Waals surface area contributed by atoms with Gasteiger partial charge in [0.25, 0.3) is 0 Å². The highest BCUT2D eigenvalue weighted by molar-refractivity contribution is 5.74. The highest BCUT2D eigenvalue weighted by Gasteiger charge is 2.17. The molecule has 1 aromatic carbocycles. The minimum Gasteiger partial charge on any atom is -0.330 e. The zero-order valence-corrected chi connectivity index (χ0v) is 13.9. The van der Waals surface area contributed by atoms with Crippen LogP contribution in [0.2, 0.25) is 0 Å². The lowest BCUT2D eigenvalue weighted by atomic mass is 10.2. The molecule has 1 N–H and O–H groups in total. The maximum Gasteiger partial charge on any atom is 0.318 e. The van der Waals surface area contributed by atoms with Crippen molar-refractivity contribution in [1.29, 1.82) is 0 Å². The van der Waals surface area contributed by atoms with Crippen molar-refractivity contribution in [2.75, 3.05) is 13.1 Å². The lowest BCUT2D eigenvalue weighted by Crippen LogP contribution is -2.41. The Morgan fingerprint density at radius 3 is 2.70 bits per heavy atom. The largest absolute Gasteiger partial charge is 0.330 e. The predicted octanol–water partition coefficient (Wildman–Crippen LogP) is 2.94. The summed E-state index contributed by atoms with van der Waals surface area (Å²) in [6.45, 7) is 10.8. The number of para-hydroxylation sites is 1. The number of amides is 2. The van der Waals surface area contributed by atoms with Crippen LogP contribution in [0.4, 0.5) is 4.79 Å². The number of aromatic nitrogens is 3. The van der Waals surface area contributed by atoms with Gasteiger partial charge in [-0.15, -0.1) is 5.10 Å². The standard InChI is InChI=1S/C17H23N5O/c1-5-21(11-13(2)3)17(23)18-14(4)16-12-22(20-19-16)15-9-7-6-8-10-15/h6-10,12,14H,2,5,11H2,1,3-4H3,(H,18,23)/t14-/m0/s1. The summed E-state index contributed by atoms with van der Waals surface area (Å²) in [6, 6.07) is 9.39. The zero-order valence-electron chi connectivity index (χ0n) is 13.9. The number of nitrogens with zero attached hydrogens (tertiary/aromatic N) is 4. The molecule has 0 aliphatic carbocycles. The molecule has 2 rings (SSSR count). The fourth-order valence-corrected chi connectivity index (χ4v) is 2.19. The summed E-state index contributed by atoms with van der Waals surface area (Å²) in [5.41, 5.74) is 2.60. The van der Waals surface area contributed by atoms with Gasteiger partial charge in [-0.25, -0.2) is 9.48 Å². The number of urea groups is 1. The van der Waals surface area contributed by atoms with Gasteiger partial charge < -0.3 is 10.2 Å². The zero-order chi connectivity index (χ0) is 16.8. The first-order valence-electron chi connectivity index (χ1n) is 7.68. The summed E-state index contributed by atoms with van der Waals surface area (Å²) in [6.07, 6.45) is 1.83. The van der Waals surface area contributed by atoms with E-state index >= 15 is 0 Å². The quantitative estimate of drug-likeness (QED) is 0.834. The van der Waals surface area contributed by atoms with Crippen LogP contribution in [0.1, 0.15) is 32.5 Å². The Labute approximate surface area is 136 Å². The fourth-order valence-electron chi connectivity index (χ4n) is 2.19. The summed E-state index contributed by atoms with van der Waals surface area (Å²) >= 11 is 0. The van der Waals surface area contributed by atoms with Gasteiger partial charge in [-0.05, 0) is 32.9 Å². The third kappa shape index (κ3) is 4.42. The molecule has 0 aliphatic heterocycles. The molecular formula is C17H23N5O. The van der Waals surface area contributed by atoms with E-state index < -0.39 is 0 Å². The van der Waals surface area contributed by atoms with Gasteiger partial charge in [-0.2, -0.15) is 0 Å². The van der Waals surface area contributed by atoms with Crippen molar-refractivity contribution in [1.82, 2.24) is 25.2 Å². The summed E-state index contributed by atoms with van der Waals surface area (Å²) < 4.78 is 1.70. The summed E-state index contributed by atoms with van der Waals surface area (Å²) in [7, 11) is 0. The van der Waals surface area contributed by atoms with Gasteiger partial charge in [0.15, 0.2) is 0 Å². The molecule has 0 aliphatic rings. The first-order valence-corrected chi connectivity index (χ1v) is 7.68. The highest BCUT2D eigenvalue weighted by atomic mass is 16.2. The second kappa shape index (κ2) is 7.58. The van der Waals surface area contributed by atoms with E-state index in [0.717, 1.165) is 11.3 Å². The molecule has 2 amide bonds. The molecule has 1 aromatic heterocycles. The molecule has 0 radical (unpaired) electrons. The molecule has 2 aromatic rings. The molecule has 0 spiro atoms. The Hall–Kier alpha value is -2.63. The molecule has 122 valence electrons. The van der Waals surface area contributed by atoms with Gasteiger partial charge in [0, 0.05) is 13.1 Å². The van der Waals surface area contributed by atoms with Crippen molar-refractivity contribution >= 4 is 6.03 Å². The van der Waals surface area contributed by atoms with Gasteiger partial charge >= 0.3 is 6.03 Å². The van der Waals surface area contributed by atoms with E-state index in [-0.39, 0.29) is 12.1 Å². The van der Waals surface area contributed by atoms with Gasteiger partial charge in [-0.1, -0.05) is 35.6 Å². The van der Waals surface area contributed by atoms with Crippen molar-refractivity contribution in [3.8, 4) is 5.69 Å². The molecule has 23 heavy (non-hydrogen) atoms. The third-order valence-electron chi connectivity index (χ3n) is 3.45. The van der Waals surface area contributed by atoms with E-state index in [1.807, 2.05) is 57.3 Å². The second-order valence-corrected chi connectivity index (χ2v) is 5.57. The van der Waals surface area contributed by atoms with Crippen LogP contribution in [-0.2, 0) is 0 Å². The molecule has 6 heteroatoms. The normalized spacial score (nSPS) is 11.8. The first kappa shape index (κ1) is 16.7. The Kier molecular flexibility index (Phi) is 5.51. The van der Waals surface area contributed by atoms with Crippen LogP contribution < -0.4 is 5.32 Å². The number of nitrogens with one attached hydrogen (secondary N) is 1. The Morgan fingerprint density at radius 1 is 1.39 bits per heavy atom. The fraction of sp³-hybridized carbons (Fsp3) is 0.353. The van der Waals surface area contributed by atoms with Crippen LogP contribution in [0.15, 0.2) is 48.7 Å². The number of rotatable bonds is 6. The molecule has 0 unspecified atom stereocenters. The topological polar surface area (TPSA) is 63.1 Å². The minimum absolute atomic E-state index is 0.128. The lowest BCUT2D eigenvalue weighted by Gasteiger charge is -2.23. The molecule has 0 fully saturated rings. The molecule has 6 nitrogen and oxygen atoms in total. The molecule has 0 saturated heterocycles. The molecular weight excluding hydrogens is 290 g/mol. The Balaban J connectivity index is 2.03. The monoisotopic (exact) mass is 313 g/mol. The number of carbonyl (C=O) groups excluding carboxylic acids is 1. The van der Waals surface area contributed by atoms with E-state index in [0.29, 0.717) is 18.8 Å². The number of likely N-dealkylation sites (N-methyl/N-ethyl adjacent to an activating group) is 1.